The van der Waals surface area contributed by atoms with E-state index >= 15 is 0 Å². The lowest BCUT2D eigenvalue weighted by Gasteiger charge is -2.26. The number of oxime groups is 1. The van der Waals surface area contributed by atoms with Gasteiger partial charge in [-0.05, 0) is 12.1 Å². The fourth-order valence-electron chi connectivity index (χ4n) is 2.71. The maximum absolute atomic E-state index is 12.2. The Morgan fingerprint density at radius 1 is 1.09 bits per heavy atom. The molecule has 0 saturated carbocycles. The van der Waals surface area contributed by atoms with Crippen LogP contribution in [0.4, 0.5) is 0 Å². The molecule has 0 bridgehead atoms. The highest BCUT2D eigenvalue weighted by molar-refractivity contribution is 6.05. The molecule has 1 heterocycles. The maximum Gasteiger partial charge on any atom is 0.251 e. The van der Waals surface area contributed by atoms with Gasteiger partial charge in [-0.1, -0.05) is 67.5 Å². The highest BCUT2D eigenvalue weighted by atomic mass is 16.6. The monoisotopic (exact) mass is 308 g/mol. The van der Waals surface area contributed by atoms with Crippen LogP contribution < -0.4 is 5.32 Å². The molecule has 1 amide bonds. The van der Waals surface area contributed by atoms with Crippen LogP contribution in [0.15, 0.2) is 65.8 Å². The van der Waals surface area contributed by atoms with E-state index in [-0.39, 0.29) is 17.4 Å². The third-order valence-electron chi connectivity index (χ3n) is 4.22. The molecule has 2 aromatic carbocycles. The van der Waals surface area contributed by atoms with Crippen LogP contribution in [0.1, 0.15) is 29.8 Å². The smallest absolute Gasteiger partial charge is 0.251 e. The van der Waals surface area contributed by atoms with Gasteiger partial charge in [-0.15, -0.1) is 0 Å². The first-order chi connectivity index (χ1) is 11.1. The number of carbonyl (C=O) groups is 1. The number of nitrogens with zero attached hydrogens (tertiary/aromatic N) is 1. The Balaban J connectivity index is 1.66. The van der Waals surface area contributed by atoms with Crippen LogP contribution in [0.25, 0.3) is 0 Å². The van der Waals surface area contributed by atoms with E-state index in [0.717, 1.165) is 11.3 Å². The summed E-state index contributed by atoms with van der Waals surface area (Å²) in [7, 11) is 0. The first kappa shape index (κ1) is 15.3. The summed E-state index contributed by atoms with van der Waals surface area (Å²) in [5.41, 5.74) is 2.34. The van der Waals surface area contributed by atoms with E-state index in [2.05, 4.69) is 24.3 Å². The zero-order valence-corrected chi connectivity index (χ0v) is 13.3. The lowest BCUT2D eigenvalue weighted by Crippen LogP contribution is -2.42. The Morgan fingerprint density at radius 3 is 2.35 bits per heavy atom. The van der Waals surface area contributed by atoms with Crippen molar-refractivity contribution in [2.24, 2.45) is 10.6 Å². The summed E-state index contributed by atoms with van der Waals surface area (Å²) < 4.78 is 0. The minimum absolute atomic E-state index is 0.0989. The van der Waals surface area contributed by atoms with Gasteiger partial charge in [0.05, 0.1) is 17.7 Å². The molecule has 1 aliphatic heterocycles. The second-order valence-electron chi connectivity index (χ2n) is 6.20. The first-order valence-electron chi connectivity index (χ1n) is 7.72. The van der Waals surface area contributed by atoms with E-state index in [0.29, 0.717) is 12.1 Å². The van der Waals surface area contributed by atoms with Gasteiger partial charge in [-0.25, -0.2) is 0 Å². The van der Waals surface area contributed by atoms with Gasteiger partial charge in [0.25, 0.3) is 5.91 Å². The molecule has 118 valence electrons. The van der Waals surface area contributed by atoms with Gasteiger partial charge in [0.2, 0.25) is 0 Å². The third kappa shape index (κ3) is 3.11. The van der Waals surface area contributed by atoms with Gasteiger partial charge in [-0.2, -0.15) is 0 Å². The molecular weight excluding hydrogens is 288 g/mol. The lowest BCUT2D eigenvalue weighted by atomic mass is 9.79. The SMILES string of the molecule is CC1(C)C(c2ccccc2)=NOC1CNC(=O)c1ccccc1. The van der Waals surface area contributed by atoms with Crippen molar-refractivity contribution in [3.05, 3.63) is 71.8 Å². The molecule has 0 radical (unpaired) electrons. The average Bonchev–Trinajstić information content (AvgIpc) is 2.88. The van der Waals surface area contributed by atoms with E-state index in [9.17, 15) is 4.79 Å². The largest absolute Gasteiger partial charge is 0.389 e. The molecule has 4 nitrogen and oxygen atoms in total. The molecule has 0 aromatic heterocycles. The predicted octanol–water partition coefficient (Wildman–Crippen LogP) is 3.25. The Labute approximate surface area is 136 Å². The molecule has 3 rings (SSSR count). The Hall–Kier alpha value is -2.62. The molecule has 2 aromatic rings. The van der Waals surface area contributed by atoms with Crippen molar-refractivity contribution in [2.45, 2.75) is 20.0 Å². The van der Waals surface area contributed by atoms with Gasteiger partial charge in [-0.3, -0.25) is 4.79 Å². The van der Waals surface area contributed by atoms with Gasteiger partial charge in [0, 0.05) is 11.1 Å². The number of carbonyl (C=O) groups excluding carboxylic acids is 1. The topological polar surface area (TPSA) is 50.7 Å². The van der Waals surface area contributed by atoms with Gasteiger partial charge in [0.15, 0.2) is 6.10 Å². The molecule has 1 unspecified atom stereocenters. The average molecular weight is 308 g/mol. The van der Waals surface area contributed by atoms with E-state index in [1.807, 2.05) is 48.5 Å². The summed E-state index contributed by atoms with van der Waals surface area (Å²) in [6.07, 6.45) is -0.189. The van der Waals surface area contributed by atoms with Gasteiger partial charge >= 0.3 is 0 Å². The molecule has 1 N–H and O–H groups in total. The molecule has 23 heavy (non-hydrogen) atoms. The predicted molar refractivity (Wildman–Crippen MR) is 90.4 cm³/mol. The molecule has 0 saturated heterocycles. The van der Waals surface area contributed by atoms with Crippen molar-refractivity contribution < 1.29 is 9.63 Å². The minimum Gasteiger partial charge on any atom is -0.389 e. The third-order valence-corrected chi connectivity index (χ3v) is 4.22. The van der Waals surface area contributed by atoms with E-state index in [4.69, 9.17) is 4.84 Å². The first-order valence-corrected chi connectivity index (χ1v) is 7.72. The van der Waals surface area contributed by atoms with Crippen molar-refractivity contribution >= 4 is 11.6 Å². The Bertz CT molecular complexity index is 709. The zero-order valence-electron chi connectivity index (χ0n) is 13.3. The molecular formula is C19H20N2O2. The number of benzene rings is 2. The summed E-state index contributed by atoms with van der Waals surface area (Å²) in [5.74, 6) is -0.0989. The summed E-state index contributed by atoms with van der Waals surface area (Å²) in [6.45, 7) is 4.59. The molecule has 0 spiro atoms. The second-order valence-corrected chi connectivity index (χ2v) is 6.20. The van der Waals surface area contributed by atoms with E-state index < -0.39 is 0 Å². The normalized spacial score (nSPS) is 18.9. The molecule has 0 fully saturated rings. The summed E-state index contributed by atoms with van der Waals surface area (Å²) in [4.78, 5) is 17.8. The van der Waals surface area contributed by atoms with Crippen molar-refractivity contribution in [1.82, 2.24) is 5.32 Å². The number of nitrogens with one attached hydrogen (secondary N) is 1. The van der Waals surface area contributed by atoms with Crippen LogP contribution >= 0.6 is 0 Å². The summed E-state index contributed by atoms with van der Waals surface area (Å²) in [6, 6.07) is 19.2. The Morgan fingerprint density at radius 2 is 1.70 bits per heavy atom. The van der Waals surface area contributed by atoms with Crippen LogP contribution in [-0.4, -0.2) is 24.3 Å². The fourth-order valence-corrected chi connectivity index (χ4v) is 2.71. The zero-order chi connectivity index (χ0) is 16.3. The van der Waals surface area contributed by atoms with Crippen molar-refractivity contribution in [2.75, 3.05) is 6.54 Å². The Kier molecular flexibility index (Phi) is 4.15. The number of amides is 1. The summed E-state index contributed by atoms with van der Waals surface area (Å²) in [5, 5.41) is 7.19. The van der Waals surface area contributed by atoms with Crippen molar-refractivity contribution in [3.63, 3.8) is 0 Å². The quantitative estimate of drug-likeness (QED) is 0.942. The number of rotatable bonds is 4. The number of hydrogen-bond donors (Lipinski definition) is 1. The second kappa shape index (κ2) is 6.24. The molecule has 1 aliphatic rings. The van der Waals surface area contributed by atoms with E-state index in [1.54, 1.807) is 12.1 Å². The van der Waals surface area contributed by atoms with Gasteiger partial charge < -0.3 is 10.2 Å². The fraction of sp³-hybridized carbons (Fsp3) is 0.263. The van der Waals surface area contributed by atoms with Crippen LogP contribution in [0.3, 0.4) is 0 Å². The van der Waals surface area contributed by atoms with E-state index in [1.165, 1.54) is 0 Å². The van der Waals surface area contributed by atoms with Crippen molar-refractivity contribution in [1.29, 1.82) is 0 Å². The highest BCUT2D eigenvalue weighted by Crippen LogP contribution is 2.34. The van der Waals surface area contributed by atoms with Crippen LogP contribution in [0, 0.1) is 5.41 Å². The lowest BCUT2D eigenvalue weighted by molar-refractivity contribution is 0.0360. The van der Waals surface area contributed by atoms with Crippen LogP contribution in [-0.2, 0) is 4.84 Å². The van der Waals surface area contributed by atoms with Gasteiger partial charge in [0.1, 0.15) is 0 Å². The summed E-state index contributed by atoms with van der Waals surface area (Å²) >= 11 is 0. The molecule has 4 heteroatoms. The highest BCUT2D eigenvalue weighted by Gasteiger charge is 2.42. The van der Waals surface area contributed by atoms with Crippen LogP contribution in [0.2, 0.25) is 0 Å². The maximum atomic E-state index is 12.2. The van der Waals surface area contributed by atoms with Crippen LogP contribution in [0.5, 0.6) is 0 Å². The number of hydrogen-bond acceptors (Lipinski definition) is 3. The standard InChI is InChI=1S/C19H20N2O2/c1-19(2)16(13-20-18(22)15-11-7-4-8-12-15)23-21-17(19)14-9-5-3-6-10-14/h3-12,16H,13H2,1-2H3,(H,20,22). The minimum atomic E-state index is -0.272. The van der Waals surface area contributed by atoms with Crippen molar-refractivity contribution in [3.8, 4) is 0 Å². The molecule has 0 aliphatic carbocycles. The molecule has 1 atom stereocenters.